The number of nitrogens with zero attached hydrogens (tertiary/aromatic N) is 3. The van der Waals surface area contributed by atoms with Gasteiger partial charge in [0.1, 0.15) is 0 Å². The minimum atomic E-state index is 0.938. The van der Waals surface area contributed by atoms with Crippen molar-refractivity contribution in [2.24, 2.45) is 0 Å². The molecule has 0 aliphatic heterocycles. The third-order valence-electron chi connectivity index (χ3n) is 12.1. The molecule has 0 radical (unpaired) electrons. The van der Waals surface area contributed by atoms with E-state index in [1.54, 1.807) is 0 Å². The Morgan fingerprint density at radius 1 is 0.267 bits per heavy atom. The zero-order chi connectivity index (χ0) is 39.6. The largest absolute Gasteiger partial charge is 0.309 e. The van der Waals surface area contributed by atoms with Crippen molar-refractivity contribution in [1.29, 1.82) is 0 Å². The minimum Gasteiger partial charge on any atom is -0.309 e. The van der Waals surface area contributed by atoms with Crippen LogP contribution in [0.4, 0.5) is 0 Å². The van der Waals surface area contributed by atoms with Gasteiger partial charge in [-0.05, 0) is 82.2 Å². The van der Waals surface area contributed by atoms with E-state index in [0.29, 0.717) is 0 Å². The minimum absolute atomic E-state index is 0.938. The summed E-state index contributed by atoms with van der Waals surface area (Å²) in [5.74, 6) is 0. The summed E-state index contributed by atoms with van der Waals surface area (Å²) in [7, 11) is 0. The summed E-state index contributed by atoms with van der Waals surface area (Å²) in [6.45, 7) is 0. The summed E-state index contributed by atoms with van der Waals surface area (Å²) in [4.78, 5) is 5.28. The van der Waals surface area contributed by atoms with E-state index >= 15 is 0 Å². The number of aromatic nitrogens is 3. The average molecular weight is 764 g/mol. The Labute approximate surface area is 347 Å². The lowest BCUT2D eigenvalue weighted by molar-refractivity contribution is 1.18. The first kappa shape index (κ1) is 34.1. The summed E-state index contributed by atoms with van der Waals surface area (Å²) in [5, 5.41) is 7.42. The number of rotatable bonds is 6. The highest BCUT2D eigenvalue weighted by atomic mass is 15.0. The number of para-hydroxylation sites is 2. The lowest BCUT2D eigenvalue weighted by Crippen LogP contribution is -1.96. The molecule has 0 saturated carbocycles. The maximum absolute atomic E-state index is 5.28. The van der Waals surface area contributed by atoms with Crippen LogP contribution >= 0.6 is 0 Å². The second kappa shape index (κ2) is 13.8. The fourth-order valence-corrected chi connectivity index (χ4v) is 9.28. The topological polar surface area (TPSA) is 22.8 Å². The third-order valence-corrected chi connectivity index (χ3v) is 12.1. The van der Waals surface area contributed by atoms with Gasteiger partial charge in [0, 0.05) is 43.7 Å². The molecule has 0 N–H and O–H groups in total. The monoisotopic (exact) mass is 763 g/mol. The number of fused-ring (bicyclic) bond motifs is 7. The van der Waals surface area contributed by atoms with Gasteiger partial charge in [0.15, 0.2) is 0 Å². The van der Waals surface area contributed by atoms with E-state index in [2.05, 4.69) is 234 Å². The Hall–Kier alpha value is -8.01. The zero-order valence-corrected chi connectivity index (χ0v) is 32.7. The normalized spacial score (nSPS) is 11.7. The van der Waals surface area contributed by atoms with E-state index in [4.69, 9.17) is 4.98 Å². The second-order valence-corrected chi connectivity index (χ2v) is 15.6. The molecular formula is C57H37N3. The zero-order valence-electron chi connectivity index (χ0n) is 32.7. The van der Waals surface area contributed by atoms with Crippen molar-refractivity contribution in [3.63, 3.8) is 0 Å². The Bertz CT molecular complexity index is 3530. The van der Waals surface area contributed by atoms with Gasteiger partial charge < -0.3 is 9.13 Å². The number of benzene rings is 9. The van der Waals surface area contributed by atoms with Gasteiger partial charge in [-0.3, -0.25) is 0 Å². The molecule has 280 valence electrons. The molecule has 0 saturated heterocycles. The van der Waals surface area contributed by atoms with E-state index in [1.807, 2.05) is 0 Å². The molecule has 3 heterocycles. The van der Waals surface area contributed by atoms with Crippen LogP contribution in [0.2, 0.25) is 0 Å². The summed E-state index contributed by atoms with van der Waals surface area (Å²) in [6, 6.07) is 81.1. The third kappa shape index (κ3) is 5.55. The Balaban J connectivity index is 1.04. The van der Waals surface area contributed by atoms with Crippen molar-refractivity contribution < 1.29 is 0 Å². The second-order valence-electron chi connectivity index (χ2n) is 15.6. The SMILES string of the molecule is c1ccc(-c2cc(-c3ccccc3)nc(-c3cccc(-n4c5ccccc5c5ccc(-c6ccc7c8ccccc8n(-c8cccc9ccccc89)c7c6)cc54)c3)c2)cc1. The molecule has 9 aromatic carbocycles. The summed E-state index contributed by atoms with van der Waals surface area (Å²) >= 11 is 0. The molecule has 0 unspecified atom stereocenters. The van der Waals surface area contributed by atoms with Crippen molar-refractivity contribution in [2.45, 2.75) is 0 Å². The van der Waals surface area contributed by atoms with E-state index in [0.717, 1.165) is 39.3 Å². The van der Waals surface area contributed by atoms with E-state index < -0.39 is 0 Å². The van der Waals surface area contributed by atoms with Gasteiger partial charge in [0.25, 0.3) is 0 Å². The predicted octanol–water partition coefficient (Wildman–Crippen LogP) is 15.1. The average Bonchev–Trinajstić information content (AvgIpc) is 3.84. The van der Waals surface area contributed by atoms with Gasteiger partial charge in [-0.2, -0.15) is 0 Å². The van der Waals surface area contributed by atoms with Crippen molar-refractivity contribution in [1.82, 2.24) is 14.1 Å². The Morgan fingerprint density at radius 3 is 1.47 bits per heavy atom. The molecule has 0 atom stereocenters. The fourth-order valence-electron chi connectivity index (χ4n) is 9.28. The van der Waals surface area contributed by atoms with Crippen LogP contribution in [0, 0.1) is 0 Å². The lowest BCUT2D eigenvalue weighted by atomic mass is 10.00. The van der Waals surface area contributed by atoms with Crippen molar-refractivity contribution in [2.75, 3.05) is 0 Å². The predicted molar refractivity (Wildman–Crippen MR) is 252 cm³/mol. The van der Waals surface area contributed by atoms with Gasteiger partial charge in [-0.25, -0.2) is 4.98 Å². The number of hydrogen-bond donors (Lipinski definition) is 0. The smallest absolute Gasteiger partial charge is 0.0716 e. The first-order valence-corrected chi connectivity index (χ1v) is 20.5. The van der Waals surface area contributed by atoms with Crippen LogP contribution in [0.1, 0.15) is 0 Å². The van der Waals surface area contributed by atoms with Gasteiger partial charge in [0.05, 0.1) is 39.1 Å². The van der Waals surface area contributed by atoms with Crippen molar-refractivity contribution in [3.8, 4) is 56.1 Å². The van der Waals surface area contributed by atoms with Gasteiger partial charge in [-0.1, -0.05) is 170 Å². The molecule has 0 bridgehead atoms. The maximum Gasteiger partial charge on any atom is 0.0716 e. The highest BCUT2D eigenvalue weighted by Crippen LogP contribution is 2.40. The van der Waals surface area contributed by atoms with Crippen LogP contribution < -0.4 is 0 Å². The summed E-state index contributed by atoms with van der Waals surface area (Å²) in [5.41, 5.74) is 15.7. The standard InChI is InChI=1S/C57H37N3/c1-3-15-38(16-4-1)44-34-51(40-18-5-2-6-19-40)58-52(35-44)43-21-13-22-45(33-43)59-54-26-11-9-24-47(54)49-31-29-41(36-56(49)59)42-30-32-50-48-25-10-12-27-55(48)60(57(50)37-42)53-28-14-20-39-17-7-8-23-46(39)53/h1-37H. The van der Waals surface area contributed by atoms with Crippen LogP contribution in [0.5, 0.6) is 0 Å². The van der Waals surface area contributed by atoms with Crippen molar-refractivity contribution >= 4 is 54.4 Å². The molecule has 12 aromatic rings. The van der Waals surface area contributed by atoms with E-state index in [-0.39, 0.29) is 0 Å². The molecule has 0 fully saturated rings. The molecule has 0 amide bonds. The molecule has 3 heteroatoms. The van der Waals surface area contributed by atoms with E-state index in [9.17, 15) is 0 Å². The fraction of sp³-hybridized carbons (Fsp3) is 0. The summed E-state index contributed by atoms with van der Waals surface area (Å²) in [6.07, 6.45) is 0. The molecule has 3 nitrogen and oxygen atoms in total. The van der Waals surface area contributed by atoms with Gasteiger partial charge >= 0.3 is 0 Å². The molecule has 12 rings (SSSR count). The number of hydrogen-bond acceptors (Lipinski definition) is 1. The number of pyridine rings is 1. The maximum atomic E-state index is 5.28. The summed E-state index contributed by atoms with van der Waals surface area (Å²) < 4.78 is 4.87. The van der Waals surface area contributed by atoms with Crippen LogP contribution in [-0.2, 0) is 0 Å². The lowest BCUT2D eigenvalue weighted by Gasteiger charge is -2.13. The van der Waals surface area contributed by atoms with Gasteiger partial charge in [0.2, 0.25) is 0 Å². The first-order valence-electron chi connectivity index (χ1n) is 20.5. The Kier molecular flexibility index (Phi) is 7.85. The van der Waals surface area contributed by atoms with Crippen LogP contribution in [0.25, 0.3) is 111 Å². The first-order chi connectivity index (χ1) is 29.7. The quantitative estimate of drug-likeness (QED) is 0.165. The van der Waals surface area contributed by atoms with E-state index in [1.165, 1.54) is 71.2 Å². The van der Waals surface area contributed by atoms with Crippen LogP contribution in [0.3, 0.4) is 0 Å². The Morgan fingerprint density at radius 2 is 0.767 bits per heavy atom. The van der Waals surface area contributed by atoms with Gasteiger partial charge in [-0.15, -0.1) is 0 Å². The molecule has 0 aliphatic carbocycles. The molecule has 0 spiro atoms. The molecular weight excluding hydrogens is 727 g/mol. The van der Waals surface area contributed by atoms with Crippen LogP contribution in [0.15, 0.2) is 224 Å². The molecule has 3 aromatic heterocycles. The van der Waals surface area contributed by atoms with Crippen molar-refractivity contribution in [3.05, 3.63) is 224 Å². The molecule has 0 aliphatic rings. The molecule has 60 heavy (non-hydrogen) atoms. The van der Waals surface area contributed by atoms with Crippen LogP contribution in [-0.4, -0.2) is 14.1 Å². The highest BCUT2D eigenvalue weighted by Gasteiger charge is 2.18. The highest BCUT2D eigenvalue weighted by molar-refractivity contribution is 6.13.